The van der Waals surface area contributed by atoms with Crippen LogP contribution < -0.4 is 51.4 Å². The molecule has 0 saturated carbocycles. The zero-order chi connectivity index (χ0) is 19.2. The molecule has 0 bridgehead atoms. The van der Waals surface area contributed by atoms with E-state index in [2.05, 4.69) is 72.8 Å². The Hall–Kier alpha value is -1.42. The molecule has 0 spiro atoms. The van der Waals surface area contributed by atoms with Crippen LogP contribution in [-0.4, -0.2) is 0 Å². The van der Waals surface area contributed by atoms with E-state index in [1.54, 1.807) is 5.56 Å². The smallest absolute Gasteiger partial charge is 1.00 e. The van der Waals surface area contributed by atoms with Crippen LogP contribution in [0.5, 0.6) is 0 Å². The number of aryl methyl sites for hydroxylation is 1. The fraction of sp³-hybridized carbons (Fsp3) is 0.214. The number of hydrogen-bond acceptors (Lipinski definition) is 1. The first-order chi connectivity index (χ1) is 14.4. The molecular formula is C28H25KO. The monoisotopic (exact) mass is 416 g/mol. The van der Waals surface area contributed by atoms with Gasteiger partial charge in [0.1, 0.15) is 5.76 Å². The number of rotatable bonds is 3. The molecule has 1 unspecified atom stereocenters. The molecule has 2 aliphatic carbocycles. The van der Waals surface area contributed by atoms with E-state index in [4.69, 9.17) is 4.42 Å². The summed E-state index contributed by atoms with van der Waals surface area (Å²) < 4.78 is 5.94. The van der Waals surface area contributed by atoms with Crippen molar-refractivity contribution < 1.29 is 57.2 Å². The van der Waals surface area contributed by atoms with E-state index in [9.17, 15) is 0 Å². The second-order valence-corrected chi connectivity index (χ2v) is 8.46. The van der Waals surface area contributed by atoms with Crippen LogP contribution in [0.4, 0.5) is 0 Å². The summed E-state index contributed by atoms with van der Waals surface area (Å²) in [4.78, 5) is 0. The summed E-state index contributed by atoms with van der Waals surface area (Å²) in [5.41, 5.74) is 5.94. The summed E-state index contributed by atoms with van der Waals surface area (Å²) in [5, 5.41) is 5.50. The fourth-order valence-electron chi connectivity index (χ4n) is 5.30. The first-order valence-electron chi connectivity index (χ1n) is 10.7. The van der Waals surface area contributed by atoms with Gasteiger partial charge in [-0.05, 0) is 75.9 Å². The Morgan fingerprint density at radius 1 is 0.933 bits per heavy atom. The molecule has 0 saturated heterocycles. The Balaban J connectivity index is 0.00000116. The van der Waals surface area contributed by atoms with E-state index >= 15 is 0 Å². The maximum atomic E-state index is 5.94. The van der Waals surface area contributed by atoms with Crippen LogP contribution in [0.25, 0.3) is 21.5 Å². The molecule has 0 radical (unpaired) electrons. The van der Waals surface area contributed by atoms with Gasteiger partial charge in [0, 0.05) is 6.42 Å². The third-order valence-corrected chi connectivity index (χ3v) is 6.80. The first kappa shape index (κ1) is 20.5. The van der Waals surface area contributed by atoms with Gasteiger partial charge in [0.15, 0.2) is 0 Å². The predicted molar refractivity (Wildman–Crippen MR) is 122 cm³/mol. The Morgan fingerprint density at radius 2 is 1.83 bits per heavy atom. The van der Waals surface area contributed by atoms with Crippen LogP contribution in [0.15, 0.2) is 89.1 Å². The molecule has 0 N–H and O–H groups in total. The summed E-state index contributed by atoms with van der Waals surface area (Å²) in [6.45, 7) is 0. The maximum Gasteiger partial charge on any atom is 1.00 e. The second kappa shape index (κ2) is 8.60. The molecule has 0 fully saturated rings. The molecule has 1 aromatic heterocycles. The number of allylic oxidation sites excluding steroid dienone is 4. The van der Waals surface area contributed by atoms with Crippen molar-refractivity contribution in [1.29, 1.82) is 0 Å². The molecule has 4 aromatic rings. The molecule has 2 heteroatoms. The summed E-state index contributed by atoms with van der Waals surface area (Å²) in [6, 6.07) is 20.3. The van der Waals surface area contributed by atoms with E-state index in [1.807, 2.05) is 6.26 Å². The molecule has 3 aromatic carbocycles. The number of fused-ring (bicyclic) bond motifs is 5. The number of hydrogen-bond donors (Lipinski definition) is 0. The molecule has 30 heavy (non-hydrogen) atoms. The zero-order valence-electron chi connectivity index (χ0n) is 18.5. The maximum absolute atomic E-state index is 5.94. The van der Waals surface area contributed by atoms with Crippen molar-refractivity contribution in [3.63, 3.8) is 0 Å². The standard InChI is InChI=1S/C28H24O.K.H/c1-2-6-19(5-1)17-28-24(15-16-29-28)22-10-9-21-12-13-25-23-8-4-3-7-20(23)11-14-26(25)27(21)18-22;;/h1-5,7-8,11-16,22H,6,9-10,17-18H2;;/q;+1;-1. The normalized spacial score (nSPS) is 17.7. The summed E-state index contributed by atoms with van der Waals surface area (Å²) in [5.74, 6) is 1.71. The van der Waals surface area contributed by atoms with Crippen LogP contribution in [0.2, 0.25) is 0 Å². The van der Waals surface area contributed by atoms with Crippen molar-refractivity contribution in [1.82, 2.24) is 0 Å². The van der Waals surface area contributed by atoms with Gasteiger partial charge in [-0.1, -0.05) is 72.3 Å². The van der Waals surface area contributed by atoms with Crippen molar-refractivity contribution in [2.24, 2.45) is 0 Å². The largest absolute Gasteiger partial charge is 1.00 e. The van der Waals surface area contributed by atoms with Crippen LogP contribution in [-0.2, 0) is 19.3 Å². The van der Waals surface area contributed by atoms with Gasteiger partial charge in [-0.3, -0.25) is 0 Å². The van der Waals surface area contributed by atoms with E-state index in [0.29, 0.717) is 5.92 Å². The van der Waals surface area contributed by atoms with Gasteiger partial charge in [-0.15, -0.1) is 0 Å². The quantitative estimate of drug-likeness (QED) is 0.356. The Labute approximate surface area is 221 Å². The van der Waals surface area contributed by atoms with E-state index in [0.717, 1.165) is 25.7 Å². The Bertz CT molecular complexity index is 1300. The predicted octanol–water partition coefficient (Wildman–Crippen LogP) is 4.40. The second-order valence-electron chi connectivity index (χ2n) is 8.46. The average Bonchev–Trinajstić information content (AvgIpc) is 3.45. The van der Waals surface area contributed by atoms with Gasteiger partial charge >= 0.3 is 51.4 Å². The molecule has 144 valence electrons. The van der Waals surface area contributed by atoms with E-state index < -0.39 is 0 Å². The molecule has 0 amide bonds. The average molecular weight is 417 g/mol. The third kappa shape index (κ3) is 3.59. The molecule has 1 heterocycles. The zero-order valence-corrected chi connectivity index (χ0v) is 20.6. The minimum Gasteiger partial charge on any atom is -1.00 e. The summed E-state index contributed by atoms with van der Waals surface area (Å²) >= 11 is 0. The van der Waals surface area contributed by atoms with Crippen molar-refractivity contribution in [3.8, 4) is 0 Å². The van der Waals surface area contributed by atoms with Gasteiger partial charge in [-0.25, -0.2) is 0 Å². The minimum atomic E-state index is 0. The molecule has 0 aliphatic heterocycles. The molecule has 2 aliphatic rings. The van der Waals surface area contributed by atoms with Crippen LogP contribution in [0.3, 0.4) is 0 Å². The number of benzene rings is 3. The van der Waals surface area contributed by atoms with Gasteiger partial charge < -0.3 is 5.84 Å². The third-order valence-electron chi connectivity index (χ3n) is 6.80. The van der Waals surface area contributed by atoms with Gasteiger partial charge in [0.05, 0.1) is 6.26 Å². The van der Waals surface area contributed by atoms with Gasteiger partial charge in [0.25, 0.3) is 0 Å². The number of furan rings is 1. The van der Waals surface area contributed by atoms with E-state index in [1.165, 1.54) is 50.4 Å². The van der Waals surface area contributed by atoms with Crippen molar-refractivity contribution in [2.45, 2.75) is 38.0 Å². The topological polar surface area (TPSA) is 13.1 Å². The van der Waals surface area contributed by atoms with Gasteiger partial charge in [0.2, 0.25) is 0 Å². The molecular weight excluding hydrogens is 391 g/mol. The summed E-state index contributed by atoms with van der Waals surface area (Å²) in [6.07, 6.45) is 14.0. The van der Waals surface area contributed by atoms with Crippen LogP contribution >= 0.6 is 0 Å². The first-order valence-corrected chi connectivity index (χ1v) is 10.7. The van der Waals surface area contributed by atoms with Crippen molar-refractivity contribution >= 4 is 21.5 Å². The SMILES string of the molecule is C1=CCC(Cc2occc2C2CCc3ccc4c(ccc5ccccc54)c3C2)=C1.[H-].[K+]. The van der Waals surface area contributed by atoms with E-state index in [-0.39, 0.29) is 52.8 Å². The Kier molecular flexibility index (Phi) is 5.87. The summed E-state index contributed by atoms with van der Waals surface area (Å²) in [7, 11) is 0. The molecule has 1 nitrogen and oxygen atoms in total. The van der Waals surface area contributed by atoms with Crippen LogP contribution in [0.1, 0.15) is 42.6 Å². The van der Waals surface area contributed by atoms with Crippen LogP contribution in [0, 0.1) is 0 Å². The van der Waals surface area contributed by atoms with Crippen molar-refractivity contribution in [2.75, 3.05) is 0 Å². The fourth-order valence-corrected chi connectivity index (χ4v) is 5.30. The Morgan fingerprint density at radius 3 is 2.73 bits per heavy atom. The van der Waals surface area contributed by atoms with Crippen molar-refractivity contribution in [3.05, 3.63) is 107 Å². The molecule has 6 rings (SSSR count). The molecule has 1 atom stereocenters. The van der Waals surface area contributed by atoms with Gasteiger partial charge in [-0.2, -0.15) is 0 Å². The minimum absolute atomic E-state index is 0.